The van der Waals surface area contributed by atoms with E-state index in [-0.39, 0.29) is 17.4 Å². The van der Waals surface area contributed by atoms with Crippen molar-refractivity contribution in [3.8, 4) is 44.5 Å². The van der Waals surface area contributed by atoms with Crippen LogP contribution in [-0.2, 0) is 5.41 Å². The summed E-state index contributed by atoms with van der Waals surface area (Å²) in [4.78, 5) is 10.7. The highest BCUT2D eigenvalue weighted by Crippen LogP contribution is 2.49. The molecule has 7 aromatic carbocycles. The second-order valence-electron chi connectivity index (χ2n) is 14.9. The van der Waals surface area contributed by atoms with Crippen LogP contribution in [0.1, 0.15) is 61.1 Å². The fraction of sp³-hybridized carbons (Fsp3) is 0.137. The van der Waals surface area contributed by atoms with Crippen molar-refractivity contribution in [1.82, 2.24) is 0 Å². The van der Waals surface area contributed by atoms with Crippen LogP contribution in [0.3, 0.4) is 0 Å². The lowest BCUT2D eigenvalue weighted by atomic mass is 9.81. The molecule has 0 aromatic heterocycles. The van der Waals surface area contributed by atoms with E-state index in [4.69, 9.17) is 9.98 Å². The molecule has 53 heavy (non-hydrogen) atoms. The molecule has 0 N–H and O–H groups in total. The van der Waals surface area contributed by atoms with Crippen molar-refractivity contribution in [3.05, 3.63) is 204 Å². The molecule has 0 fully saturated rings. The summed E-state index contributed by atoms with van der Waals surface area (Å²) in [7, 11) is 0. The van der Waals surface area contributed by atoms with Gasteiger partial charge < -0.3 is 0 Å². The van der Waals surface area contributed by atoms with Crippen LogP contribution in [0.2, 0.25) is 0 Å². The monoisotopic (exact) mass is 682 g/mol. The maximum Gasteiger partial charge on any atom is 0.155 e. The zero-order valence-corrected chi connectivity index (χ0v) is 30.5. The van der Waals surface area contributed by atoms with Gasteiger partial charge >= 0.3 is 0 Å². The predicted octanol–water partition coefficient (Wildman–Crippen LogP) is 13.0. The number of fused-ring (bicyclic) bond motifs is 3. The van der Waals surface area contributed by atoms with Gasteiger partial charge in [0.1, 0.15) is 0 Å². The van der Waals surface area contributed by atoms with Crippen molar-refractivity contribution >= 4 is 11.5 Å². The standard InChI is InChI=1S/C51H42N2/c1-4-43-48(36-17-9-6-10-18-36)52-50(37-27-25-35(26-28-37)34-15-7-5-8-16-34)53-49(43)42-22-14-21-40(32-42)38-19-13-20-39(31-38)41-29-30-45-44-23-11-12-24-46(44)51(2,3)47(45)33-41/h5-33,43,48H,4H2,1-3H3. The largest absolute Gasteiger partial charge is 0.257 e. The molecule has 7 aromatic rings. The van der Waals surface area contributed by atoms with Crippen molar-refractivity contribution in [2.45, 2.75) is 38.6 Å². The lowest BCUT2D eigenvalue weighted by Crippen LogP contribution is -2.28. The van der Waals surface area contributed by atoms with E-state index in [0.29, 0.717) is 0 Å². The van der Waals surface area contributed by atoms with Crippen molar-refractivity contribution < 1.29 is 0 Å². The molecule has 2 aliphatic rings. The first-order valence-electron chi connectivity index (χ1n) is 18.8. The third-order valence-corrected chi connectivity index (χ3v) is 11.3. The Balaban J connectivity index is 1.08. The molecule has 0 amide bonds. The van der Waals surface area contributed by atoms with Gasteiger partial charge in [0.2, 0.25) is 0 Å². The van der Waals surface area contributed by atoms with Crippen LogP contribution in [0.15, 0.2) is 186 Å². The number of benzene rings is 7. The van der Waals surface area contributed by atoms with Gasteiger partial charge in [0.05, 0.1) is 11.8 Å². The maximum absolute atomic E-state index is 5.38. The molecule has 2 heteroatoms. The van der Waals surface area contributed by atoms with E-state index >= 15 is 0 Å². The summed E-state index contributed by atoms with van der Waals surface area (Å²) in [6.07, 6.45) is 0.931. The minimum Gasteiger partial charge on any atom is -0.257 e. The SMILES string of the molecule is CCC1C(c2cccc(-c3cccc(-c4ccc5c(c4)C(C)(C)c4ccccc4-5)c3)c2)=NC(c2ccc(-c3ccccc3)cc2)=NC1c1ccccc1. The van der Waals surface area contributed by atoms with Gasteiger partial charge in [0, 0.05) is 16.9 Å². The van der Waals surface area contributed by atoms with Crippen LogP contribution in [-0.4, -0.2) is 11.5 Å². The van der Waals surface area contributed by atoms with Crippen LogP contribution in [0, 0.1) is 5.92 Å². The summed E-state index contributed by atoms with van der Waals surface area (Å²) in [6.45, 7) is 6.95. The fourth-order valence-corrected chi connectivity index (χ4v) is 8.45. The number of hydrogen-bond acceptors (Lipinski definition) is 2. The van der Waals surface area contributed by atoms with Crippen LogP contribution in [0.5, 0.6) is 0 Å². The quantitative estimate of drug-likeness (QED) is 0.160. The maximum atomic E-state index is 5.38. The Morgan fingerprint density at radius 2 is 0.962 bits per heavy atom. The first-order chi connectivity index (χ1) is 26.0. The summed E-state index contributed by atoms with van der Waals surface area (Å²) in [5, 5.41) is 0. The molecule has 0 saturated heterocycles. The summed E-state index contributed by atoms with van der Waals surface area (Å²) in [5.74, 6) is 0.928. The van der Waals surface area contributed by atoms with E-state index in [1.165, 1.54) is 61.2 Å². The summed E-state index contributed by atoms with van der Waals surface area (Å²) in [6, 6.07) is 63.7. The number of nitrogens with zero attached hydrogens (tertiary/aromatic N) is 2. The van der Waals surface area contributed by atoms with Crippen LogP contribution in [0.4, 0.5) is 0 Å². The molecular weight excluding hydrogens is 641 g/mol. The molecule has 1 aliphatic carbocycles. The zero-order valence-electron chi connectivity index (χ0n) is 30.5. The summed E-state index contributed by atoms with van der Waals surface area (Å²) >= 11 is 0. The Hall–Kier alpha value is -6.12. The number of rotatable bonds is 7. The number of hydrogen-bond donors (Lipinski definition) is 0. The van der Waals surface area contributed by atoms with E-state index in [2.05, 4.69) is 197 Å². The smallest absolute Gasteiger partial charge is 0.155 e. The third-order valence-electron chi connectivity index (χ3n) is 11.3. The van der Waals surface area contributed by atoms with Crippen LogP contribution in [0.25, 0.3) is 44.5 Å². The van der Waals surface area contributed by atoms with Gasteiger partial charge in [-0.05, 0) is 91.4 Å². The van der Waals surface area contributed by atoms with E-state index in [1.54, 1.807) is 0 Å². The van der Waals surface area contributed by atoms with E-state index in [0.717, 1.165) is 29.1 Å². The molecule has 0 radical (unpaired) electrons. The molecule has 2 nitrogen and oxygen atoms in total. The molecule has 0 spiro atoms. The highest BCUT2D eigenvalue weighted by molar-refractivity contribution is 6.15. The normalized spacial score (nSPS) is 17.0. The van der Waals surface area contributed by atoms with Crippen molar-refractivity contribution in [2.75, 3.05) is 0 Å². The van der Waals surface area contributed by atoms with E-state index in [9.17, 15) is 0 Å². The molecule has 2 atom stereocenters. The lowest BCUT2D eigenvalue weighted by molar-refractivity contribution is 0.532. The third kappa shape index (κ3) is 5.95. The number of aliphatic imine (C=N–C) groups is 2. The van der Waals surface area contributed by atoms with Gasteiger partial charge in [-0.1, -0.05) is 178 Å². The van der Waals surface area contributed by atoms with Gasteiger partial charge in [0.15, 0.2) is 5.84 Å². The topological polar surface area (TPSA) is 24.7 Å². The van der Waals surface area contributed by atoms with Crippen molar-refractivity contribution in [3.63, 3.8) is 0 Å². The highest BCUT2D eigenvalue weighted by atomic mass is 15.0. The van der Waals surface area contributed by atoms with E-state index in [1.807, 2.05) is 0 Å². The average Bonchev–Trinajstić information content (AvgIpc) is 3.46. The Labute approximate surface area is 313 Å². The molecule has 9 rings (SSSR count). The Kier molecular flexibility index (Phi) is 8.32. The minimum absolute atomic E-state index is 0.0281. The first kappa shape index (κ1) is 32.8. The van der Waals surface area contributed by atoms with Gasteiger partial charge in [-0.3, -0.25) is 4.99 Å². The lowest BCUT2D eigenvalue weighted by Gasteiger charge is -2.30. The molecule has 1 heterocycles. The minimum atomic E-state index is -0.0336. The second-order valence-corrected chi connectivity index (χ2v) is 14.9. The predicted molar refractivity (Wildman–Crippen MR) is 223 cm³/mol. The Morgan fingerprint density at radius 3 is 1.66 bits per heavy atom. The fourth-order valence-electron chi connectivity index (χ4n) is 8.45. The van der Waals surface area contributed by atoms with Crippen LogP contribution < -0.4 is 0 Å². The summed E-state index contributed by atoms with van der Waals surface area (Å²) < 4.78 is 0. The molecule has 0 saturated carbocycles. The van der Waals surface area contributed by atoms with Crippen molar-refractivity contribution in [2.24, 2.45) is 15.9 Å². The Morgan fingerprint density at radius 1 is 0.453 bits per heavy atom. The second kappa shape index (κ2) is 13.5. The first-order valence-corrected chi connectivity index (χ1v) is 18.8. The summed E-state index contributed by atoms with van der Waals surface area (Å²) in [5.41, 5.74) is 17.2. The van der Waals surface area contributed by atoms with E-state index < -0.39 is 0 Å². The zero-order chi connectivity index (χ0) is 35.9. The van der Waals surface area contributed by atoms with Gasteiger partial charge in [-0.25, -0.2) is 4.99 Å². The molecule has 256 valence electrons. The van der Waals surface area contributed by atoms with Gasteiger partial charge in [0.25, 0.3) is 0 Å². The van der Waals surface area contributed by atoms with Gasteiger partial charge in [-0.15, -0.1) is 0 Å². The van der Waals surface area contributed by atoms with Crippen molar-refractivity contribution in [1.29, 1.82) is 0 Å². The average molecular weight is 683 g/mol. The molecule has 2 unspecified atom stereocenters. The molecule has 1 aliphatic heterocycles. The highest BCUT2D eigenvalue weighted by Gasteiger charge is 2.35. The van der Waals surface area contributed by atoms with Crippen LogP contribution >= 0.6 is 0 Å². The number of amidine groups is 1. The van der Waals surface area contributed by atoms with Gasteiger partial charge in [-0.2, -0.15) is 0 Å². The molecular formula is C51H42N2. The Bertz CT molecular complexity index is 2510. The molecule has 0 bridgehead atoms.